The lowest BCUT2D eigenvalue weighted by Crippen LogP contribution is -2.41. The lowest BCUT2D eigenvalue weighted by atomic mass is 9.86. The first-order valence-electron chi connectivity index (χ1n) is 4.00. The molecule has 1 aromatic rings. The van der Waals surface area contributed by atoms with Gasteiger partial charge in [-0.25, -0.2) is 4.79 Å². The van der Waals surface area contributed by atoms with E-state index in [-0.39, 0.29) is 5.82 Å². The van der Waals surface area contributed by atoms with Crippen molar-refractivity contribution in [3.05, 3.63) is 5.82 Å². The minimum Gasteiger partial charge on any atom is -0.467 e. The highest BCUT2D eigenvalue weighted by molar-refractivity contribution is 5.76. The van der Waals surface area contributed by atoms with E-state index >= 15 is 0 Å². The van der Waals surface area contributed by atoms with Gasteiger partial charge in [0, 0.05) is 0 Å². The van der Waals surface area contributed by atoms with E-state index in [9.17, 15) is 9.90 Å². The number of aromatic nitrogens is 4. The van der Waals surface area contributed by atoms with Gasteiger partial charge in [-0.1, -0.05) is 5.21 Å². The Morgan fingerprint density at radius 1 is 1.64 bits per heavy atom. The molecule has 0 aliphatic carbocycles. The number of hydrogen-bond acceptors (Lipinski definition) is 6. The Bertz CT molecular complexity index is 309. The van der Waals surface area contributed by atoms with Crippen LogP contribution in [0.4, 0.5) is 0 Å². The van der Waals surface area contributed by atoms with Crippen molar-refractivity contribution in [3.8, 4) is 0 Å². The number of hydrogen-bond donors (Lipinski definition) is 2. The molecule has 1 heterocycles. The van der Waals surface area contributed by atoms with Gasteiger partial charge < -0.3 is 9.84 Å². The molecule has 2 N–H and O–H groups in total. The highest BCUT2D eigenvalue weighted by Gasteiger charge is 2.39. The Kier molecular flexibility index (Phi) is 2.80. The molecule has 1 aromatic heterocycles. The molecule has 1 atom stereocenters. The lowest BCUT2D eigenvalue weighted by molar-refractivity contribution is -0.154. The number of aliphatic hydroxyl groups is 1. The van der Waals surface area contributed by atoms with E-state index in [0.29, 0.717) is 0 Å². The predicted octanol–water partition coefficient (Wildman–Crippen LogP) is -0.989. The zero-order valence-corrected chi connectivity index (χ0v) is 8.18. The fourth-order valence-corrected chi connectivity index (χ4v) is 0.963. The fraction of sp³-hybridized carbons (Fsp3) is 0.714. The highest BCUT2D eigenvalue weighted by atomic mass is 16.5. The van der Waals surface area contributed by atoms with Crippen molar-refractivity contribution in [2.75, 3.05) is 7.11 Å². The zero-order chi connectivity index (χ0) is 10.8. The van der Waals surface area contributed by atoms with Gasteiger partial charge in [-0.2, -0.15) is 5.21 Å². The van der Waals surface area contributed by atoms with Gasteiger partial charge in [-0.15, -0.1) is 10.2 Å². The smallest absolute Gasteiger partial charge is 0.335 e. The number of rotatable bonds is 3. The molecule has 7 nitrogen and oxygen atoms in total. The molecule has 0 fully saturated rings. The normalized spacial score (nSPS) is 13.7. The van der Waals surface area contributed by atoms with E-state index in [0.717, 1.165) is 0 Å². The molecule has 14 heavy (non-hydrogen) atoms. The molecule has 0 saturated heterocycles. The van der Waals surface area contributed by atoms with Crippen molar-refractivity contribution in [2.45, 2.75) is 25.4 Å². The maximum Gasteiger partial charge on any atom is 0.335 e. The van der Waals surface area contributed by atoms with Crippen molar-refractivity contribution < 1.29 is 14.6 Å². The van der Waals surface area contributed by atoms with Crippen LogP contribution in [0.2, 0.25) is 0 Å². The number of nitrogens with zero attached hydrogens (tertiary/aromatic N) is 3. The molecule has 78 valence electrons. The van der Waals surface area contributed by atoms with Crippen LogP contribution in [0.25, 0.3) is 0 Å². The summed E-state index contributed by atoms with van der Waals surface area (Å²) in [5.74, 6) is -0.463. The summed E-state index contributed by atoms with van der Waals surface area (Å²) in [7, 11) is 1.21. The van der Waals surface area contributed by atoms with Crippen molar-refractivity contribution in [3.63, 3.8) is 0 Å². The summed E-state index contributed by atoms with van der Waals surface area (Å²) in [4.78, 5) is 11.1. The number of aliphatic hydroxyl groups excluding tert-OH is 1. The Balaban J connectivity index is 2.90. The quantitative estimate of drug-likeness (QED) is 0.607. The summed E-state index contributed by atoms with van der Waals surface area (Å²) < 4.78 is 4.42. The second-order valence-electron chi connectivity index (χ2n) is 3.38. The van der Waals surface area contributed by atoms with Crippen LogP contribution in [-0.2, 0) is 14.9 Å². The van der Waals surface area contributed by atoms with E-state index in [1.54, 1.807) is 13.8 Å². The molecule has 0 bridgehead atoms. The number of esters is 1. The second kappa shape index (κ2) is 3.70. The molecule has 0 amide bonds. The maximum absolute atomic E-state index is 11.1. The van der Waals surface area contributed by atoms with Crippen molar-refractivity contribution in [1.82, 2.24) is 20.6 Å². The first kappa shape index (κ1) is 10.6. The number of nitrogens with one attached hydrogen (secondary N) is 1. The number of aromatic amines is 1. The molecule has 1 rings (SSSR count). The van der Waals surface area contributed by atoms with Crippen molar-refractivity contribution >= 4 is 5.97 Å². The van der Waals surface area contributed by atoms with E-state index in [1.807, 2.05) is 0 Å². The van der Waals surface area contributed by atoms with Crippen molar-refractivity contribution in [1.29, 1.82) is 0 Å². The van der Waals surface area contributed by atoms with Gasteiger partial charge in [0.25, 0.3) is 0 Å². The van der Waals surface area contributed by atoms with Gasteiger partial charge in [-0.05, 0) is 13.8 Å². The molecular weight excluding hydrogens is 188 g/mol. The molecule has 0 spiro atoms. The summed E-state index contributed by atoms with van der Waals surface area (Å²) in [5, 5.41) is 22.7. The number of ether oxygens (including phenoxy) is 1. The molecule has 0 aliphatic rings. The molecule has 7 heteroatoms. The molecule has 0 radical (unpaired) electrons. The predicted molar refractivity (Wildman–Crippen MR) is 45.2 cm³/mol. The monoisotopic (exact) mass is 200 g/mol. The van der Waals surface area contributed by atoms with Crippen LogP contribution in [0.15, 0.2) is 0 Å². The average Bonchev–Trinajstić information content (AvgIpc) is 2.68. The third kappa shape index (κ3) is 1.72. The molecular formula is C7H12N4O3. The topological polar surface area (TPSA) is 101 Å². The largest absolute Gasteiger partial charge is 0.467 e. The summed E-state index contributed by atoms with van der Waals surface area (Å²) in [5.41, 5.74) is -0.930. The number of H-pyrrole nitrogens is 1. The number of methoxy groups -OCH3 is 1. The number of carbonyl (C=O) groups excluding carboxylic acids is 1. The van der Waals surface area contributed by atoms with E-state index in [1.165, 1.54) is 7.11 Å². The second-order valence-corrected chi connectivity index (χ2v) is 3.38. The van der Waals surface area contributed by atoms with Crippen LogP contribution in [0.3, 0.4) is 0 Å². The van der Waals surface area contributed by atoms with E-state index in [2.05, 4.69) is 25.4 Å². The third-order valence-corrected chi connectivity index (χ3v) is 2.03. The lowest BCUT2D eigenvalue weighted by Gasteiger charge is -2.24. The van der Waals surface area contributed by atoms with Gasteiger partial charge in [0.1, 0.15) is 0 Å². The standard InChI is InChI=1S/C7H12N4O3/c1-7(2,4(12)5(13)14-3)6-8-10-11-9-6/h4,12H,1-3H3,(H,8,9,10,11). The minimum absolute atomic E-state index is 0.260. The SMILES string of the molecule is COC(=O)C(O)C(C)(C)c1nn[nH]n1. The summed E-state index contributed by atoms with van der Waals surface area (Å²) in [6.45, 7) is 3.25. The summed E-state index contributed by atoms with van der Waals surface area (Å²) in [6.07, 6.45) is -1.31. The third-order valence-electron chi connectivity index (χ3n) is 2.03. The average molecular weight is 200 g/mol. The molecule has 1 unspecified atom stereocenters. The number of tetrazole rings is 1. The van der Waals surface area contributed by atoms with Crippen LogP contribution >= 0.6 is 0 Å². The van der Waals surface area contributed by atoms with Gasteiger partial charge in [0.2, 0.25) is 0 Å². The Hall–Kier alpha value is -1.50. The maximum atomic E-state index is 11.1. The Morgan fingerprint density at radius 2 is 2.29 bits per heavy atom. The molecule has 0 aromatic carbocycles. The van der Waals surface area contributed by atoms with E-state index < -0.39 is 17.5 Å². The Morgan fingerprint density at radius 3 is 2.71 bits per heavy atom. The van der Waals surface area contributed by atoms with Crippen LogP contribution in [0.5, 0.6) is 0 Å². The first-order valence-corrected chi connectivity index (χ1v) is 4.00. The van der Waals surface area contributed by atoms with Gasteiger partial charge >= 0.3 is 5.97 Å². The highest BCUT2D eigenvalue weighted by Crippen LogP contribution is 2.23. The van der Waals surface area contributed by atoms with Crippen LogP contribution in [0, 0.1) is 0 Å². The van der Waals surface area contributed by atoms with Crippen LogP contribution in [-0.4, -0.2) is 44.9 Å². The zero-order valence-electron chi connectivity index (χ0n) is 8.18. The molecule has 0 saturated carbocycles. The van der Waals surface area contributed by atoms with Crippen LogP contribution in [0.1, 0.15) is 19.7 Å². The van der Waals surface area contributed by atoms with Crippen LogP contribution < -0.4 is 0 Å². The summed E-state index contributed by atoms with van der Waals surface area (Å²) in [6, 6.07) is 0. The Labute approximate surface area is 80.5 Å². The van der Waals surface area contributed by atoms with Gasteiger partial charge in [0.15, 0.2) is 11.9 Å². The van der Waals surface area contributed by atoms with Gasteiger partial charge in [0.05, 0.1) is 12.5 Å². The summed E-state index contributed by atoms with van der Waals surface area (Å²) >= 11 is 0. The minimum atomic E-state index is -1.31. The first-order chi connectivity index (χ1) is 6.50. The van der Waals surface area contributed by atoms with Crippen molar-refractivity contribution in [2.24, 2.45) is 0 Å². The number of carbonyl (C=O) groups is 1. The molecule has 0 aliphatic heterocycles. The van der Waals surface area contributed by atoms with E-state index in [4.69, 9.17) is 0 Å². The fourth-order valence-electron chi connectivity index (χ4n) is 0.963. The van der Waals surface area contributed by atoms with Gasteiger partial charge in [-0.3, -0.25) is 0 Å².